The van der Waals surface area contributed by atoms with Gasteiger partial charge < -0.3 is 20.3 Å². The van der Waals surface area contributed by atoms with E-state index in [1.54, 1.807) is 11.3 Å². The molecule has 0 bridgehead atoms. The fraction of sp³-hybridized carbons (Fsp3) is 0.765. The second-order valence-corrected chi connectivity index (χ2v) is 7.28. The zero-order chi connectivity index (χ0) is 17.9. The highest BCUT2D eigenvalue weighted by atomic mass is 127. The van der Waals surface area contributed by atoms with Gasteiger partial charge in [-0.2, -0.15) is 0 Å². The van der Waals surface area contributed by atoms with Crippen LogP contribution >= 0.6 is 35.3 Å². The molecule has 1 atom stereocenters. The van der Waals surface area contributed by atoms with Crippen molar-refractivity contribution in [3.8, 4) is 0 Å². The molecule has 0 aliphatic heterocycles. The van der Waals surface area contributed by atoms with Crippen LogP contribution in [0.4, 0.5) is 0 Å². The monoisotopic (exact) mass is 483 g/mol. The smallest absolute Gasteiger partial charge is 0.191 e. The summed E-state index contributed by atoms with van der Waals surface area (Å²) in [6.07, 6.45) is 1.18. The molecule has 1 aromatic heterocycles. The van der Waals surface area contributed by atoms with Gasteiger partial charge in [0, 0.05) is 31.1 Å². The van der Waals surface area contributed by atoms with E-state index in [9.17, 15) is 0 Å². The summed E-state index contributed by atoms with van der Waals surface area (Å²) >= 11 is 1.71. The summed E-state index contributed by atoms with van der Waals surface area (Å²) in [5, 5.41) is 7.73. The summed E-state index contributed by atoms with van der Waals surface area (Å²) in [6.45, 7) is 12.2. The Labute approximate surface area is 173 Å². The Kier molecular flexibility index (Phi) is 13.5. The van der Waals surface area contributed by atoms with Crippen molar-refractivity contribution in [1.29, 1.82) is 0 Å². The second-order valence-electron chi connectivity index (χ2n) is 5.99. The summed E-state index contributed by atoms with van der Waals surface area (Å²) in [7, 11) is 4.17. The lowest BCUT2D eigenvalue weighted by Crippen LogP contribution is -2.42. The molecule has 146 valence electrons. The summed E-state index contributed by atoms with van der Waals surface area (Å²) in [5.74, 6) is 0.817. The third-order valence-corrected chi connectivity index (χ3v) is 4.64. The topological polar surface area (TPSA) is 61.8 Å². The van der Waals surface area contributed by atoms with Crippen LogP contribution in [0.15, 0.2) is 4.99 Å². The molecule has 0 saturated carbocycles. The normalized spacial score (nSPS) is 12.8. The van der Waals surface area contributed by atoms with Crippen molar-refractivity contribution in [2.24, 2.45) is 4.99 Å². The maximum absolute atomic E-state index is 5.82. The van der Waals surface area contributed by atoms with Gasteiger partial charge in [0.1, 0.15) is 5.01 Å². The van der Waals surface area contributed by atoms with E-state index in [0.29, 0.717) is 6.54 Å². The molecular weight excluding hydrogens is 449 g/mol. The van der Waals surface area contributed by atoms with Gasteiger partial charge in [0.05, 0.1) is 18.3 Å². The highest BCUT2D eigenvalue weighted by Crippen LogP contribution is 2.16. The lowest BCUT2D eigenvalue weighted by atomic mass is 10.2. The molecule has 0 saturated heterocycles. The first-order valence-electron chi connectivity index (χ1n) is 8.67. The van der Waals surface area contributed by atoms with Gasteiger partial charge in [-0.05, 0) is 48.2 Å². The molecule has 0 aliphatic carbocycles. The van der Waals surface area contributed by atoms with E-state index < -0.39 is 0 Å². The number of ether oxygens (including phenoxy) is 1. The van der Waals surface area contributed by atoms with Gasteiger partial charge in [0.2, 0.25) is 0 Å². The Morgan fingerprint density at radius 3 is 2.52 bits per heavy atom. The highest BCUT2D eigenvalue weighted by Gasteiger charge is 2.10. The van der Waals surface area contributed by atoms with Crippen molar-refractivity contribution in [2.45, 2.75) is 46.8 Å². The third-order valence-electron chi connectivity index (χ3n) is 3.59. The molecular formula is C17H34IN5OS. The average molecular weight is 483 g/mol. The predicted molar refractivity (Wildman–Crippen MR) is 118 cm³/mol. The van der Waals surface area contributed by atoms with Crippen LogP contribution in [0.3, 0.4) is 0 Å². The van der Waals surface area contributed by atoms with Crippen molar-refractivity contribution < 1.29 is 4.74 Å². The molecule has 0 spiro atoms. The number of guanidine groups is 1. The Bertz CT molecular complexity index is 488. The van der Waals surface area contributed by atoms with Gasteiger partial charge in [-0.25, -0.2) is 9.98 Å². The fourth-order valence-electron chi connectivity index (χ4n) is 2.19. The van der Waals surface area contributed by atoms with E-state index in [-0.39, 0.29) is 30.1 Å². The Hall–Kier alpha value is -0.450. The van der Waals surface area contributed by atoms with Gasteiger partial charge in [0.25, 0.3) is 0 Å². The van der Waals surface area contributed by atoms with Crippen LogP contribution in [0.5, 0.6) is 0 Å². The molecule has 1 aromatic rings. The first-order chi connectivity index (χ1) is 11.5. The fourth-order valence-corrected chi connectivity index (χ4v) is 3.05. The van der Waals surface area contributed by atoms with Crippen LogP contribution in [-0.4, -0.2) is 62.3 Å². The Morgan fingerprint density at radius 1 is 1.28 bits per heavy atom. The van der Waals surface area contributed by atoms with E-state index in [1.165, 1.54) is 4.88 Å². The number of hydrogen-bond donors (Lipinski definition) is 2. The Morgan fingerprint density at radius 2 is 2.00 bits per heavy atom. The summed E-state index contributed by atoms with van der Waals surface area (Å²) in [5.41, 5.74) is 1.10. The largest absolute Gasteiger partial charge is 0.377 e. The molecule has 2 N–H and O–H groups in total. The number of aryl methyl sites for hydroxylation is 2. The number of nitrogens with one attached hydrogen (secondary N) is 2. The van der Waals surface area contributed by atoms with Crippen LogP contribution in [0.25, 0.3) is 0 Å². The summed E-state index contributed by atoms with van der Waals surface area (Å²) in [6, 6.07) is 0. The second kappa shape index (κ2) is 13.7. The molecule has 0 radical (unpaired) electrons. The van der Waals surface area contributed by atoms with Crippen molar-refractivity contribution >= 4 is 41.3 Å². The highest BCUT2D eigenvalue weighted by molar-refractivity contribution is 14.0. The molecule has 25 heavy (non-hydrogen) atoms. The molecule has 1 rings (SSSR count). The molecule has 0 aliphatic rings. The first-order valence-corrected chi connectivity index (χ1v) is 9.49. The molecule has 0 amide bonds. The number of aliphatic imine (C=N–C) groups is 1. The van der Waals surface area contributed by atoms with Crippen molar-refractivity contribution in [3.05, 3.63) is 15.6 Å². The van der Waals surface area contributed by atoms with Gasteiger partial charge in [-0.1, -0.05) is 0 Å². The van der Waals surface area contributed by atoms with Crippen molar-refractivity contribution in [3.63, 3.8) is 0 Å². The summed E-state index contributed by atoms with van der Waals surface area (Å²) in [4.78, 5) is 12.6. The number of hydrogen-bond acceptors (Lipinski definition) is 5. The molecule has 8 heteroatoms. The lowest BCUT2D eigenvalue weighted by Gasteiger charge is -2.21. The van der Waals surface area contributed by atoms with Crippen LogP contribution in [0.2, 0.25) is 0 Å². The minimum Gasteiger partial charge on any atom is -0.377 e. The predicted octanol–water partition coefficient (Wildman–Crippen LogP) is 2.79. The number of thiazole rings is 1. The number of halogens is 1. The number of rotatable bonds is 10. The van der Waals surface area contributed by atoms with E-state index in [4.69, 9.17) is 4.74 Å². The standard InChI is InChI=1S/C17H33N5OS.HI/c1-7-18-17(20-12-16-21-13(3)14(4)24-16)19-11-15(23-8-2)9-10-22(5)6;/h15H,7-12H2,1-6H3,(H2,18,19,20);1H. The quantitative estimate of drug-likeness (QED) is 0.305. The maximum atomic E-state index is 5.82. The van der Waals surface area contributed by atoms with E-state index in [0.717, 1.165) is 49.3 Å². The molecule has 0 fully saturated rings. The SMILES string of the molecule is CCNC(=NCc1nc(C)c(C)s1)NCC(CCN(C)C)OCC.I. The molecule has 1 unspecified atom stereocenters. The molecule has 1 heterocycles. The van der Waals surface area contributed by atoms with E-state index in [1.807, 2.05) is 13.8 Å². The van der Waals surface area contributed by atoms with Crippen LogP contribution < -0.4 is 10.6 Å². The van der Waals surface area contributed by atoms with Crippen LogP contribution in [0.1, 0.15) is 35.8 Å². The zero-order valence-corrected chi connectivity index (χ0v) is 19.5. The van der Waals surface area contributed by atoms with Crippen LogP contribution in [-0.2, 0) is 11.3 Å². The van der Waals surface area contributed by atoms with Crippen molar-refractivity contribution in [1.82, 2.24) is 20.5 Å². The van der Waals surface area contributed by atoms with Gasteiger partial charge in [-0.15, -0.1) is 35.3 Å². The maximum Gasteiger partial charge on any atom is 0.191 e. The number of aromatic nitrogens is 1. The third kappa shape index (κ3) is 10.3. The zero-order valence-electron chi connectivity index (χ0n) is 16.4. The minimum atomic E-state index is 0. The lowest BCUT2D eigenvalue weighted by molar-refractivity contribution is 0.0548. The van der Waals surface area contributed by atoms with E-state index >= 15 is 0 Å². The van der Waals surface area contributed by atoms with E-state index in [2.05, 4.69) is 53.5 Å². The minimum absolute atomic E-state index is 0. The van der Waals surface area contributed by atoms with Gasteiger partial charge in [0.15, 0.2) is 5.96 Å². The van der Waals surface area contributed by atoms with Crippen LogP contribution in [0, 0.1) is 13.8 Å². The first kappa shape index (κ1) is 24.6. The van der Waals surface area contributed by atoms with Gasteiger partial charge in [-0.3, -0.25) is 0 Å². The summed E-state index contributed by atoms with van der Waals surface area (Å²) < 4.78 is 5.82. The molecule has 6 nitrogen and oxygen atoms in total. The number of nitrogens with zero attached hydrogens (tertiary/aromatic N) is 3. The average Bonchev–Trinajstić information content (AvgIpc) is 2.85. The van der Waals surface area contributed by atoms with Crippen molar-refractivity contribution in [2.75, 3.05) is 40.3 Å². The van der Waals surface area contributed by atoms with Gasteiger partial charge >= 0.3 is 0 Å². The Balaban J connectivity index is 0.00000576. The molecule has 0 aromatic carbocycles.